The Labute approximate surface area is 200 Å². The molecule has 2 aromatic heterocycles. The van der Waals surface area contributed by atoms with Gasteiger partial charge in [0.1, 0.15) is 22.8 Å². The van der Waals surface area contributed by atoms with Crippen LogP contribution in [0.4, 0.5) is 0 Å². The van der Waals surface area contributed by atoms with Gasteiger partial charge in [-0.05, 0) is 50.6 Å². The first-order chi connectivity index (χ1) is 15.9. The molecule has 0 amide bonds. The van der Waals surface area contributed by atoms with Gasteiger partial charge in [0.25, 0.3) is 0 Å². The predicted octanol–water partition coefficient (Wildman–Crippen LogP) is 5.88. The van der Waals surface area contributed by atoms with E-state index in [2.05, 4.69) is 0 Å². The minimum atomic E-state index is -0.527. The van der Waals surface area contributed by atoms with Gasteiger partial charge in [-0.15, -0.1) is 11.3 Å². The standard InChI is InChI=1S/C25H20N2O4S2/c1-4-30-25(29)24-16(3)20(14-27)22(33-24)12-21(28)17(13-26)11-18-7-10-23(31-18)32-19-8-5-15(2)6-9-19/h5-11H,4,12H2,1-3H3/b17-11+. The van der Waals surface area contributed by atoms with Gasteiger partial charge in [-0.25, -0.2) is 4.79 Å². The van der Waals surface area contributed by atoms with Gasteiger partial charge in [-0.2, -0.15) is 10.5 Å². The zero-order valence-electron chi connectivity index (χ0n) is 18.3. The van der Waals surface area contributed by atoms with Crippen LogP contribution in [0.5, 0.6) is 0 Å². The molecule has 0 aliphatic heterocycles. The Balaban J connectivity index is 1.78. The normalized spacial score (nSPS) is 11.0. The first-order valence-electron chi connectivity index (χ1n) is 10.0. The number of Topliss-reactive ketones (excluding diaryl/α,β-unsaturated/α-hetero) is 1. The average Bonchev–Trinajstić information content (AvgIpc) is 3.37. The molecule has 3 aromatic rings. The van der Waals surface area contributed by atoms with Gasteiger partial charge >= 0.3 is 5.97 Å². The molecule has 0 spiro atoms. The second-order valence-corrected chi connectivity index (χ2v) is 9.21. The second kappa shape index (κ2) is 10.8. The average molecular weight is 477 g/mol. The predicted molar refractivity (Wildman–Crippen MR) is 126 cm³/mol. The summed E-state index contributed by atoms with van der Waals surface area (Å²) < 4.78 is 10.8. The smallest absolute Gasteiger partial charge is 0.348 e. The van der Waals surface area contributed by atoms with Crippen LogP contribution in [0.1, 0.15) is 43.9 Å². The number of ether oxygens (including phenoxy) is 1. The van der Waals surface area contributed by atoms with E-state index in [1.165, 1.54) is 17.8 Å². The van der Waals surface area contributed by atoms with Crippen molar-refractivity contribution in [3.05, 3.63) is 74.2 Å². The van der Waals surface area contributed by atoms with Crippen LogP contribution in [0.25, 0.3) is 6.08 Å². The summed E-state index contributed by atoms with van der Waals surface area (Å²) >= 11 is 2.48. The van der Waals surface area contributed by atoms with Crippen LogP contribution >= 0.6 is 23.1 Å². The number of hydrogen-bond donors (Lipinski definition) is 0. The second-order valence-electron chi connectivity index (χ2n) is 7.03. The van der Waals surface area contributed by atoms with E-state index in [4.69, 9.17) is 9.15 Å². The molecule has 3 rings (SSSR count). The van der Waals surface area contributed by atoms with Crippen molar-refractivity contribution in [3.8, 4) is 12.1 Å². The van der Waals surface area contributed by atoms with Crippen molar-refractivity contribution in [2.24, 2.45) is 0 Å². The maximum atomic E-state index is 12.8. The minimum absolute atomic E-state index is 0.0936. The molecule has 0 saturated heterocycles. The van der Waals surface area contributed by atoms with E-state index in [0.29, 0.717) is 26.2 Å². The molecule has 33 heavy (non-hydrogen) atoms. The molecular formula is C25H20N2O4S2. The summed E-state index contributed by atoms with van der Waals surface area (Å²) in [6, 6.07) is 15.4. The number of hydrogen-bond acceptors (Lipinski definition) is 8. The van der Waals surface area contributed by atoms with Gasteiger partial charge in [-0.1, -0.05) is 29.5 Å². The van der Waals surface area contributed by atoms with Crippen molar-refractivity contribution in [3.63, 3.8) is 0 Å². The Morgan fingerprint density at radius 1 is 1.15 bits per heavy atom. The molecule has 0 bridgehead atoms. The van der Waals surface area contributed by atoms with Gasteiger partial charge in [0.05, 0.1) is 17.7 Å². The fraction of sp³-hybridized carbons (Fsp3) is 0.200. The maximum absolute atomic E-state index is 12.8. The summed E-state index contributed by atoms with van der Waals surface area (Å²) in [6.45, 7) is 5.56. The van der Waals surface area contributed by atoms with Crippen molar-refractivity contribution in [1.29, 1.82) is 10.5 Å². The molecule has 0 aliphatic rings. The topological polar surface area (TPSA) is 104 Å². The number of thiophene rings is 1. The summed E-state index contributed by atoms with van der Waals surface area (Å²) in [7, 11) is 0. The Bertz CT molecular complexity index is 1300. The molecule has 0 N–H and O–H groups in total. The largest absolute Gasteiger partial charge is 0.462 e. The highest BCUT2D eigenvalue weighted by atomic mass is 32.2. The van der Waals surface area contributed by atoms with Crippen molar-refractivity contribution in [2.45, 2.75) is 37.2 Å². The lowest BCUT2D eigenvalue weighted by molar-refractivity contribution is -0.114. The van der Waals surface area contributed by atoms with E-state index in [0.717, 1.165) is 21.8 Å². The summed E-state index contributed by atoms with van der Waals surface area (Å²) in [5, 5.41) is 19.7. The van der Waals surface area contributed by atoms with Gasteiger partial charge in [0.2, 0.25) is 0 Å². The number of benzene rings is 1. The lowest BCUT2D eigenvalue weighted by Crippen LogP contribution is -2.05. The van der Waals surface area contributed by atoms with E-state index < -0.39 is 11.8 Å². The lowest BCUT2D eigenvalue weighted by Gasteiger charge is -1.99. The zero-order valence-corrected chi connectivity index (χ0v) is 19.9. The highest BCUT2D eigenvalue weighted by molar-refractivity contribution is 7.99. The molecule has 0 radical (unpaired) electrons. The monoisotopic (exact) mass is 476 g/mol. The van der Waals surface area contributed by atoms with E-state index in [-0.39, 0.29) is 24.2 Å². The molecular weight excluding hydrogens is 456 g/mol. The number of rotatable bonds is 8. The fourth-order valence-electron chi connectivity index (χ4n) is 2.98. The summed E-state index contributed by atoms with van der Waals surface area (Å²) in [4.78, 5) is 26.7. The SMILES string of the molecule is CCOC(=O)c1sc(CC(=O)/C(C#N)=C/c2ccc(Sc3ccc(C)cc3)o2)c(C#N)c1C. The van der Waals surface area contributed by atoms with Crippen molar-refractivity contribution < 1.29 is 18.7 Å². The van der Waals surface area contributed by atoms with Crippen molar-refractivity contribution in [1.82, 2.24) is 0 Å². The Morgan fingerprint density at radius 3 is 2.52 bits per heavy atom. The summed E-state index contributed by atoms with van der Waals surface area (Å²) in [5.41, 5.74) is 1.82. The highest BCUT2D eigenvalue weighted by Gasteiger charge is 2.23. The molecule has 1 aromatic carbocycles. The third-order valence-electron chi connectivity index (χ3n) is 4.66. The molecule has 0 fully saturated rings. The molecule has 0 saturated carbocycles. The number of nitriles is 2. The van der Waals surface area contributed by atoms with Crippen LogP contribution in [0.2, 0.25) is 0 Å². The van der Waals surface area contributed by atoms with Gasteiger partial charge in [-0.3, -0.25) is 4.79 Å². The van der Waals surface area contributed by atoms with Gasteiger partial charge < -0.3 is 9.15 Å². The maximum Gasteiger partial charge on any atom is 0.348 e. The Kier molecular flexibility index (Phi) is 7.89. The van der Waals surface area contributed by atoms with Crippen molar-refractivity contribution in [2.75, 3.05) is 6.61 Å². The number of ketones is 1. The molecule has 8 heteroatoms. The molecule has 2 heterocycles. The zero-order chi connectivity index (χ0) is 24.0. The molecule has 0 atom stereocenters. The summed E-state index contributed by atoms with van der Waals surface area (Å²) in [5.74, 6) is -0.611. The molecule has 0 unspecified atom stereocenters. The number of allylic oxidation sites excluding steroid dienone is 1. The van der Waals surface area contributed by atoms with Crippen LogP contribution in [0, 0.1) is 36.5 Å². The minimum Gasteiger partial charge on any atom is -0.462 e. The van der Waals surface area contributed by atoms with Gasteiger partial charge in [0, 0.05) is 22.3 Å². The van der Waals surface area contributed by atoms with Gasteiger partial charge in [0.15, 0.2) is 10.9 Å². The van der Waals surface area contributed by atoms with E-state index in [9.17, 15) is 20.1 Å². The van der Waals surface area contributed by atoms with Crippen LogP contribution in [-0.2, 0) is 16.0 Å². The first-order valence-corrected chi connectivity index (χ1v) is 11.7. The lowest BCUT2D eigenvalue weighted by atomic mass is 10.0. The highest BCUT2D eigenvalue weighted by Crippen LogP contribution is 2.31. The number of carbonyl (C=O) groups excluding carboxylic acids is 2. The van der Waals surface area contributed by atoms with Crippen LogP contribution in [0.15, 0.2) is 56.4 Å². The Morgan fingerprint density at radius 2 is 1.88 bits per heavy atom. The summed E-state index contributed by atoms with van der Waals surface area (Å²) in [6.07, 6.45) is 1.22. The van der Waals surface area contributed by atoms with Crippen LogP contribution in [0.3, 0.4) is 0 Å². The van der Waals surface area contributed by atoms with Crippen LogP contribution < -0.4 is 0 Å². The first kappa shape index (κ1) is 24.1. The quantitative estimate of drug-likeness (QED) is 0.227. The number of carbonyl (C=O) groups is 2. The fourth-order valence-corrected chi connectivity index (χ4v) is 4.91. The molecule has 0 aliphatic carbocycles. The van der Waals surface area contributed by atoms with E-state index in [1.807, 2.05) is 43.3 Å². The van der Waals surface area contributed by atoms with E-state index in [1.54, 1.807) is 26.0 Å². The number of nitrogens with zero attached hydrogens (tertiary/aromatic N) is 2. The third kappa shape index (κ3) is 5.81. The molecule has 6 nitrogen and oxygen atoms in total. The molecule has 166 valence electrons. The van der Waals surface area contributed by atoms with E-state index >= 15 is 0 Å². The Hall–Kier alpha value is -3.59. The third-order valence-corrected chi connectivity index (χ3v) is 6.86. The van der Waals surface area contributed by atoms with Crippen LogP contribution in [-0.4, -0.2) is 18.4 Å². The number of esters is 1. The number of furan rings is 1. The number of aryl methyl sites for hydroxylation is 1. The van der Waals surface area contributed by atoms with Crippen molar-refractivity contribution >= 4 is 40.9 Å².